The van der Waals surface area contributed by atoms with Crippen molar-refractivity contribution in [2.75, 3.05) is 7.11 Å². The zero-order valence-corrected chi connectivity index (χ0v) is 11.8. The molecule has 0 spiro atoms. The van der Waals surface area contributed by atoms with Crippen molar-refractivity contribution in [2.45, 2.75) is 19.3 Å². The first-order valence-electron chi connectivity index (χ1n) is 6.36. The Hall–Kier alpha value is -2.70. The molecule has 0 aliphatic heterocycles. The third-order valence-electron chi connectivity index (χ3n) is 3.37. The Balaban J connectivity index is 2.56. The van der Waals surface area contributed by atoms with Crippen LogP contribution in [0.4, 0.5) is 0 Å². The summed E-state index contributed by atoms with van der Waals surface area (Å²) in [6.07, 6.45) is -0.0182. The molecule has 0 aliphatic carbocycles. The maximum absolute atomic E-state index is 11.9. The molecule has 0 radical (unpaired) electrons. The van der Waals surface area contributed by atoms with E-state index in [0.717, 1.165) is 0 Å². The number of amides is 1. The molecule has 0 fully saturated rings. The van der Waals surface area contributed by atoms with E-state index in [-0.39, 0.29) is 23.5 Å². The third kappa shape index (κ3) is 2.91. The van der Waals surface area contributed by atoms with Crippen molar-refractivity contribution in [1.82, 2.24) is 10.2 Å². The van der Waals surface area contributed by atoms with Crippen LogP contribution in [0.3, 0.4) is 0 Å². The molecule has 112 valence electrons. The summed E-state index contributed by atoms with van der Waals surface area (Å²) < 4.78 is 5.06. The number of nitrogens with two attached hydrogens (primary N) is 1. The van der Waals surface area contributed by atoms with E-state index in [0.29, 0.717) is 16.8 Å². The number of carbonyl (C=O) groups excluding carboxylic acids is 1. The first kappa shape index (κ1) is 14.7. The van der Waals surface area contributed by atoms with Crippen LogP contribution in [0, 0.1) is 6.92 Å². The number of aromatic hydroxyl groups is 1. The minimum absolute atomic E-state index is 0.0150. The van der Waals surface area contributed by atoms with E-state index in [4.69, 9.17) is 10.5 Å². The Morgan fingerprint density at radius 1 is 1.43 bits per heavy atom. The number of phenols is 1. The molecule has 7 heteroatoms. The lowest BCUT2D eigenvalue weighted by atomic mass is 9.88. The number of nitrogens with one attached hydrogen (secondary N) is 2. The van der Waals surface area contributed by atoms with E-state index in [1.54, 1.807) is 19.1 Å². The van der Waals surface area contributed by atoms with E-state index in [9.17, 15) is 14.7 Å². The highest BCUT2D eigenvalue weighted by Gasteiger charge is 2.24. The number of aryl methyl sites for hydroxylation is 1. The van der Waals surface area contributed by atoms with Crippen LogP contribution in [0.5, 0.6) is 11.5 Å². The van der Waals surface area contributed by atoms with Crippen molar-refractivity contribution >= 4 is 5.91 Å². The summed E-state index contributed by atoms with van der Waals surface area (Å²) in [7, 11) is 1.43. The summed E-state index contributed by atoms with van der Waals surface area (Å²) in [4.78, 5) is 23.3. The highest BCUT2D eigenvalue weighted by molar-refractivity contribution is 5.75. The Kier molecular flexibility index (Phi) is 4.02. The quantitative estimate of drug-likeness (QED) is 0.649. The average molecular weight is 291 g/mol. The number of aromatic amines is 2. The number of hydrogen-bond donors (Lipinski definition) is 4. The van der Waals surface area contributed by atoms with Crippen LogP contribution in [0.15, 0.2) is 23.0 Å². The Morgan fingerprint density at radius 3 is 2.67 bits per heavy atom. The molecular weight excluding hydrogens is 274 g/mol. The minimum atomic E-state index is -0.521. The summed E-state index contributed by atoms with van der Waals surface area (Å²) in [5, 5.41) is 14.9. The highest BCUT2D eigenvalue weighted by Crippen LogP contribution is 2.33. The van der Waals surface area contributed by atoms with Crippen molar-refractivity contribution in [2.24, 2.45) is 5.73 Å². The fraction of sp³-hybridized carbons (Fsp3) is 0.286. The zero-order valence-electron chi connectivity index (χ0n) is 11.8. The van der Waals surface area contributed by atoms with Gasteiger partial charge in [0.2, 0.25) is 5.91 Å². The van der Waals surface area contributed by atoms with Crippen LogP contribution < -0.4 is 16.0 Å². The molecule has 2 rings (SSSR count). The van der Waals surface area contributed by atoms with Crippen molar-refractivity contribution in [1.29, 1.82) is 0 Å². The largest absolute Gasteiger partial charge is 0.504 e. The van der Waals surface area contributed by atoms with Crippen molar-refractivity contribution < 1.29 is 14.6 Å². The van der Waals surface area contributed by atoms with E-state index in [1.165, 1.54) is 13.2 Å². The molecule has 0 unspecified atom stereocenters. The maximum atomic E-state index is 11.9. The van der Waals surface area contributed by atoms with Gasteiger partial charge in [-0.25, -0.2) is 0 Å². The van der Waals surface area contributed by atoms with Gasteiger partial charge in [0, 0.05) is 23.6 Å². The Morgan fingerprint density at radius 2 is 2.14 bits per heavy atom. The van der Waals surface area contributed by atoms with E-state index < -0.39 is 11.8 Å². The number of H-pyrrole nitrogens is 2. The summed E-state index contributed by atoms with van der Waals surface area (Å²) >= 11 is 0. The van der Waals surface area contributed by atoms with Gasteiger partial charge in [-0.3, -0.25) is 14.7 Å². The topological polar surface area (TPSA) is 121 Å². The van der Waals surface area contributed by atoms with Gasteiger partial charge in [-0.15, -0.1) is 0 Å². The number of phenolic OH excluding ortho intramolecular Hbond substituents is 1. The van der Waals surface area contributed by atoms with Crippen LogP contribution in [-0.4, -0.2) is 28.3 Å². The van der Waals surface area contributed by atoms with Gasteiger partial charge in [-0.2, -0.15) is 0 Å². The Bertz CT molecular complexity index is 717. The van der Waals surface area contributed by atoms with Gasteiger partial charge in [0.05, 0.1) is 7.11 Å². The smallest absolute Gasteiger partial charge is 0.267 e. The molecule has 1 atom stereocenters. The molecule has 21 heavy (non-hydrogen) atoms. The summed E-state index contributed by atoms with van der Waals surface area (Å²) in [5.41, 5.74) is 6.74. The lowest BCUT2D eigenvalue weighted by molar-refractivity contribution is -0.118. The van der Waals surface area contributed by atoms with E-state index in [2.05, 4.69) is 10.2 Å². The second-order valence-electron chi connectivity index (χ2n) is 4.77. The fourth-order valence-electron chi connectivity index (χ4n) is 2.37. The molecule has 5 N–H and O–H groups in total. The SMILES string of the molecule is COc1cc([C@@H](CC(N)=O)c2c(C)[nH][nH]c2=O)ccc1O. The molecule has 1 heterocycles. The predicted octanol–water partition coefficient (Wildman–Crippen LogP) is 0.733. The third-order valence-corrected chi connectivity index (χ3v) is 3.37. The van der Waals surface area contributed by atoms with Gasteiger partial charge in [0.25, 0.3) is 5.56 Å². The number of ether oxygens (including phenoxy) is 1. The molecule has 2 aromatic rings. The first-order chi connectivity index (χ1) is 9.93. The highest BCUT2D eigenvalue weighted by atomic mass is 16.5. The molecule has 1 aromatic heterocycles. The van der Waals surface area contributed by atoms with Crippen LogP contribution >= 0.6 is 0 Å². The standard InChI is InChI=1S/C14H17N3O4/c1-7-13(14(20)17-16-7)9(6-12(15)19)8-3-4-10(18)11(5-8)21-2/h3-5,9,18H,6H2,1-2H3,(H2,15,19)(H2,16,17,20)/t9-/m1/s1. The number of primary amides is 1. The fourth-order valence-corrected chi connectivity index (χ4v) is 2.37. The van der Waals surface area contributed by atoms with Gasteiger partial charge in [0.1, 0.15) is 0 Å². The normalized spacial score (nSPS) is 12.1. The minimum Gasteiger partial charge on any atom is -0.504 e. The molecule has 1 amide bonds. The number of methoxy groups -OCH3 is 1. The van der Waals surface area contributed by atoms with Crippen LogP contribution in [0.1, 0.15) is 29.2 Å². The van der Waals surface area contributed by atoms with Gasteiger partial charge >= 0.3 is 0 Å². The van der Waals surface area contributed by atoms with E-state index >= 15 is 0 Å². The predicted molar refractivity (Wildman–Crippen MR) is 76.5 cm³/mol. The van der Waals surface area contributed by atoms with Gasteiger partial charge in [0.15, 0.2) is 11.5 Å². The van der Waals surface area contributed by atoms with Gasteiger partial charge in [-0.1, -0.05) is 6.07 Å². The van der Waals surface area contributed by atoms with Gasteiger partial charge in [-0.05, 0) is 24.6 Å². The molecule has 0 bridgehead atoms. The average Bonchev–Trinajstić information content (AvgIpc) is 2.76. The van der Waals surface area contributed by atoms with E-state index in [1.807, 2.05) is 0 Å². The lowest BCUT2D eigenvalue weighted by Crippen LogP contribution is -2.20. The second-order valence-corrected chi connectivity index (χ2v) is 4.77. The molecule has 7 nitrogen and oxygen atoms in total. The molecule has 0 aliphatic rings. The first-order valence-corrected chi connectivity index (χ1v) is 6.36. The number of benzene rings is 1. The van der Waals surface area contributed by atoms with Crippen molar-refractivity contribution in [3.8, 4) is 11.5 Å². The monoisotopic (exact) mass is 291 g/mol. The number of carbonyl (C=O) groups is 1. The second kappa shape index (κ2) is 5.74. The molecular formula is C14H17N3O4. The lowest BCUT2D eigenvalue weighted by Gasteiger charge is -2.16. The molecule has 0 saturated heterocycles. The van der Waals surface area contributed by atoms with Crippen molar-refractivity contribution in [3.05, 3.63) is 45.4 Å². The summed E-state index contributed by atoms with van der Waals surface area (Å²) in [5.74, 6) is -0.774. The number of hydrogen-bond acceptors (Lipinski definition) is 4. The Labute approximate surface area is 120 Å². The van der Waals surface area contributed by atoms with Gasteiger partial charge < -0.3 is 20.7 Å². The summed E-state index contributed by atoms with van der Waals surface area (Å²) in [6.45, 7) is 1.73. The number of rotatable bonds is 5. The van der Waals surface area contributed by atoms with Crippen LogP contribution in [-0.2, 0) is 4.79 Å². The molecule has 1 aromatic carbocycles. The number of aromatic nitrogens is 2. The van der Waals surface area contributed by atoms with Crippen LogP contribution in [0.25, 0.3) is 0 Å². The summed E-state index contributed by atoms with van der Waals surface area (Å²) in [6, 6.07) is 4.69. The zero-order chi connectivity index (χ0) is 15.6. The molecule has 0 saturated carbocycles. The maximum Gasteiger partial charge on any atom is 0.267 e. The van der Waals surface area contributed by atoms with Crippen molar-refractivity contribution in [3.63, 3.8) is 0 Å². The van der Waals surface area contributed by atoms with Crippen LogP contribution in [0.2, 0.25) is 0 Å².